The number of hydrogen-bond acceptors (Lipinski definition) is 4. The third-order valence-electron chi connectivity index (χ3n) is 3.25. The number of carbonyl (C=O) groups is 1. The number of amides is 1. The third kappa shape index (κ3) is 1.43. The smallest absolute Gasteiger partial charge is 0.255 e. The molecule has 1 N–H and O–H groups in total. The van der Waals surface area contributed by atoms with Crippen molar-refractivity contribution in [3.8, 4) is 0 Å². The lowest BCUT2D eigenvalue weighted by molar-refractivity contribution is -0.119. The van der Waals surface area contributed by atoms with E-state index in [1.54, 1.807) is 17.3 Å². The molecule has 2 aliphatic rings. The summed E-state index contributed by atoms with van der Waals surface area (Å²) in [5.41, 5.74) is 0.825. The molecule has 17 heavy (non-hydrogen) atoms. The van der Waals surface area contributed by atoms with Crippen molar-refractivity contribution in [1.29, 1.82) is 0 Å². The zero-order valence-electron chi connectivity index (χ0n) is 9.47. The quantitative estimate of drug-likeness (QED) is 0.756. The molecule has 0 spiro atoms. The maximum Gasteiger partial charge on any atom is 0.255 e. The molecule has 2 aliphatic heterocycles. The molecule has 3 heterocycles. The highest BCUT2D eigenvalue weighted by Gasteiger charge is 2.39. The van der Waals surface area contributed by atoms with Crippen LogP contribution in [-0.2, 0) is 4.79 Å². The highest BCUT2D eigenvalue weighted by Crippen LogP contribution is 2.34. The van der Waals surface area contributed by atoms with Crippen LogP contribution in [0.25, 0.3) is 0 Å². The Hall–Kier alpha value is -1.88. The van der Waals surface area contributed by atoms with Crippen molar-refractivity contribution in [3.63, 3.8) is 0 Å². The van der Waals surface area contributed by atoms with Crippen LogP contribution in [0.4, 0.5) is 11.5 Å². The van der Waals surface area contributed by atoms with E-state index in [0.717, 1.165) is 24.6 Å². The average Bonchev–Trinajstić information content (AvgIpc) is 2.40. The third-order valence-corrected chi connectivity index (χ3v) is 3.25. The summed E-state index contributed by atoms with van der Waals surface area (Å²) in [4.78, 5) is 20.4. The molecule has 5 nitrogen and oxygen atoms in total. The van der Waals surface area contributed by atoms with Crippen molar-refractivity contribution in [3.05, 3.63) is 31.1 Å². The first-order valence-corrected chi connectivity index (χ1v) is 5.71. The van der Waals surface area contributed by atoms with Crippen LogP contribution in [0.3, 0.4) is 0 Å². The Morgan fingerprint density at radius 2 is 2.47 bits per heavy atom. The summed E-state index contributed by atoms with van der Waals surface area (Å²) in [5.74, 6) is 0.936. The van der Waals surface area contributed by atoms with Gasteiger partial charge in [0.05, 0.1) is 5.69 Å². The van der Waals surface area contributed by atoms with E-state index in [1.165, 1.54) is 0 Å². The molecule has 0 radical (unpaired) electrons. The average molecular weight is 230 g/mol. The van der Waals surface area contributed by atoms with Crippen LogP contribution >= 0.6 is 0 Å². The second-order valence-corrected chi connectivity index (χ2v) is 4.15. The van der Waals surface area contributed by atoms with Gasteiger partial charge in [0.25, 0.3) is 5.91 Å². The maximum atomic E-state index is 12.3. The number of nitrogens with zero attached hydrogens (tertiary/aromatic N) is 3. The van der Waals surface area contributed by atoms with Crippen molar-refractivity contribution < 1.29 is 4.79 Å². The molecule has 1 fully saturated rings. The molecule has 5 heteroatoms. The molecule has 1 unspecified atom stereocenters. The van der Waals surface area contributed by atoms with E-state index in [-0.39, 0.29) is 11.9 Å². The van der Waals surface area contributed by atoms with Crippen molar-refractivity contribution in [1.82, 2.24) is 10.3 Å². The van der Waals surface area contributed by atoms with Crippen LogP contribution in [0.15, 0.2) is 31.1 Å². The summed E-state index contributed by atoms with van der Waals surface area (Å²) < 4.78 is 0. The Kier molecular flexibility index (Phi) is 2.33. The van der Waals surface area contributed by atoms with Crippen LogP contribution in [-0.4, -0.2) is 36.6 Å². The number of carbonyl (C=O) groups excluding carboxylic acids is 1. The van der Waals surface area contributed by atoms with Gasteiger partial charge in [0.1, 0.15) is 6.04 Å². The van der Waals surface area contributed by atoms with E-state index in [1.807, 2.05) is 12.1 Å². The maximum absolute atomic E-state index is 12.3. The van der Waals surface area contributed by atoms with Gasteiger partial charge in [-0.25, -0.2) is 4.98 Å². The van der Waals surface area contributed by atoms with E-state index in [2.05, 4.69) is 21.8 Å². The Morgan fingerprint density at radius 3 is 3.29 bits per heavy atom. The standard InChI is InChI=1S/C12H14N4O/c1-2-15-9-4-3-5-14-11(9)16-7-6-13-8-10(16)12(15)17/h2-5,10,13H,1,6-8H2. The van der Waals surface area contributed by atoms with Crippen molar-refractivity contribution in [2.24, 2.45) is 0 Å². The lowest BCUT2D eigenvalue weighted by Crippen LogP contribution is -2.61. The minimum absolute atomic E-state index is 0.0627. The largest absolute Gasteiger partial charge is 0.340 e. The first kappa shape index (κ1) is 10.3. The fraction of sp³-hybridized carbons (Fsp3) is 0.333. The van der Waals surface area contributed by atoms with E-state index < -0.39 is 0 Å². The molecule has 0 saturated carbocycles. The van der Waals surface area contributed by atoms with Crippen LogP contribution in [0, 0.1) is 0 Å². The molecular formula is C12H14N4O. The van der Waals surface area contributed by atoms with E-state index >= 15 is 0 Å². The lowest BCUT2D eigenvalue weighted by Gasteiger charge is -2.43. The monoisotopic (exact) mass is 230 g/mol. The number of piperazine rings is 1. The van der Waals surface area contributed by atoms with E-state index in [9.17, 15) is 4.79 Å². The van der Waals surface area contributed by atoms with E-state index in [4.69, 9.17) is 0 Å². The summed E-state index contributed by atoms with van der Waals surface area (Å²) in [7, 11) is 0. The van der Waals surface area contributed by atoms with Gasteiger partial charge in [-0.3, -0.25) is 9.69 Å². The van der Waals surface area contributed by atoms with Crippen molar-refractivity contribution >= 4 is 17.4 Å². The lowest BCUT2D eigenvalue weighted by atomic mass is 10.1. The van der Waals surface area contributed by atoms with Crippen molar-refractivity contribution in [2.75, 3.05) is 29.4 Å². The van der Waals surface area contributed by atoms with Crippen molar-refractivity contribution in [2.45, 2.75) is 6.04 Å². The summed E-state index contributed by atoms with van der Waals surface area (Å²) in [6.45, 7) is 6.07. The minimum Gasteiger partial charge on any atom is -0.340 e. The highest BCUT2D eigenvalue weighted by atomic mass is 16.2. The van der Waals surface area contributed by atoms with Gasteiger partial charge < -0.3 is 10.2 Å². The molecule has 0 aliphatic carbocycles. The molecule has 0 bridgehead atoms. The van der Waals surface area contributed by atoms with Crippen LogP contribution in [0.2, 0.25) is 0 Å². The molecule has 1 amide bonds. The Morgan fingerprint density at radius 1 is 1.59 bits per heavy atom. The molecule has 1 aromatic rings. The van der Waals surface area contributed by atoms with Crippen LogP contribution in [0.1, 0.15) is 0 Å². The topological polar surface area (TPSA) is 48.5 Å². The van der Waals surface area contributed by atoms with Crippen LogP contribution < -0.4 is 15.1 Å². The number of anilines is 2. The SMILES string of the molecule is C=CN1C(=O)C2CNCCN2c2ncccc21. The first-order chi connectivity index (χ1) is 8.33. The Labute approximate surface area is 99.7 Å². The van der Waals surface area contributed by atoms with Gasteiger partial charge in [-0.15, -0.1) is 0 Å². The van der Waals surface area contributed by atoms with Gasteiger partial charge in [-0.05, 0) is 12.1 Å². The first-order valence-electron chi connectivity index (χ1n) is 5.71. The van der Waals surface area contributed by atoms with Gasteiger partial charge in [-0.1, -0.05) is 6.58 Å². The number of rotatable bonds is 1. The summed E-state index contributed by atoms with van der Waals surface area (Å²) >= 11 is 0. The van der Waals surface area contributed by atoms with Gasteiger partial charge in [-0.2, -0.15) is 0 Å². The molecule has 3 rings (SSSR count). The van der Waals surface area contributed by atoms with Gasteiger partial charge in [0.2, 0.25) is 0 Å². The Balaban J connectivity index is 2.13. The van der Waals surface area contributed by atoms with Gasteiger partial charge in [0.15, 0.2) is 5.82 Å². The number of pyridine rings is 1. The Bertz CT molecular complexity index is 473. The van der Waals surface area contributed by atoms with E-state index in [0.29, 0.717) is 6.54 Å². The number of aromatic nitrogens is 1. The fourth-order valence-corrected chi connectivity index (χ4v) is 2.44. The predicted molar refractivity (Wildman–Crippen MR) is 65.9 cm³/mol. The second kappa shape index (κ2) is 3.85. The molecule has 1 aromatic heterocycles. The summed E-state index contributed by atoms with van der Waals surface area (Å²) in [6, 6.07) is 3.58. The summed E-state index contributed by atoms with van der Waals surface area (Å²) in [5, 5.41) is 3.24. The molecule has 88 valence electrons. The molecule has 1 atom stereocenters. The van der Waals surface area contributed by atoms with Gasteiger partial charge >= 0.3 is 0 Å². The predicted octanol–water partition coefficient (Wildman–Crippen LogP) is 0.350. The molecule has 1 saturated heterocycles. The normalized spacial score (nSPS) is 23.1. The minimum atomic E-state index is -0.163. The van der Waals surface area contributed by atoms with Gasteiger partial charge in [0, 0.05) is 32.0 Å². The fourth-order valence-electron chi connectivity index (χ4n) is 2.44. The zero-order chi connectivity index (χ0) is 11.8. The second-order valence-electron chi connectivity index (χ2n) is 4.15. The number of fused-ring (bicyclic) bond motifs is 3. The summed E-state index contributed by atoms with van der Waals surface area (Å²) in [6.07, 6.45) is 3.32. The highest BCUT2D eigenvalue weighted by molar-refractivity contribution is 6.06. The zero-order valence-corrected chi connectivity index (χ0v) is 9.47. The molecular weight excluding hydrogens is 216 g/mol. The number of hydrogen-bond donors (Lipinski definition) is 1. The number of nitrogens with one attached hydrogen (secondary N) is 1. The molecule has 0 aromatic carbocycles. The van der Waals surface area contributed by atoms with Crippen LogP contribution in [0.5, 0.6) is 0 Å².